The minimum Gasteiger partial charge on any atom is -0.272 e. The van der Waals surface area contributed by atoms with Crippen molar-refractivity contribution < 1.29 is 9.59 Å². The van der Waals surface area contributed by atoms with Crippen molar-refractivity contribution in [3.8, 4) is 17.1 Å². The average molecular weight is 492 g/mol. The number of rotatable bonds is 6. The maximum absolute atomic E-state index is 12.3. The highest BCUT2D eigenvalue weighted by molar-refractivity contribution is 7.99. The highest BCUT2D eigenvalue weighted by Crippen LogP contribution is 2.30. The summed E-state index contributed by atoms with van der Waals surface area (Å²) in [5, 5.41) is 11.2. The molecule has 0 fully saturated rings. The Morgan fingerprint density at radius 3 is 2.32 bits per heavy atom. The van der Waals surface area contributed by atoms with Crippen LogP contribution in [-0.2, 0) is 10.2 Å². The van der Waals surface area contributed by atoms with E-state index in [2.05, 4.69) is 54.0 Å². The molecule has 0 radical (unpaired) electrons. The molecule has 0 saturated carbocycles. The molecule has 0 unspecified atom stereocenters. The molecule has 0 saturated heterocycles. The van der Waals surface area contributed by atoms with Crippen molar-refractivity contribution in [2.24, 2.45) is 0 Å². The molecule has 0 atom stereocenters. The Hall–Kier alpha value is -3.43. The van der Waals surface area contributed by atoms with Crippen LogP contribution in [0, 0.1) is 0 Å². The fraction of sp³-hybridized carbons (Fsp3) is 0.200. The van der Waals surface area contributed by atoms with Crippen molar-refractivity contribution in [2.45, 2.75) is 31.3 Å². The lowest BCUT2D eigenvalue weighted by Crippen LogP contribution is -2.42. The van der Waals surface area contributed by atoms with Crippen LogP contribution in [-0.4, -0.2) is 32.3 Å². The summed E-state index contributed by atoms with van der Waals surface area (Å²) in [4.78, 5) is 24.9. The molecular formula is C25H25N5O2S2. The Labute approximate surface area is 206 Å². The maximum atomic E-state index is 12.3. The van der Waals surface area contributed by atoms with Crippen molar-refractivity contribution in [1.29, 1.82) is 0 Å². The zero-order valence-corrected chi connectivity index (χ0v) is 20.7. The fourth-order valence-electron chi connectivity index (χ4n) is 3.24. The van der Waals surface area contributed by atoms with Crippen molar-refractivity contribution in [2.75, 3.05) is 5.75 Å². The van der Waals surface area contributed by atoms with E-state index in [1.165, 1.54) is 28.7 Å². The van der Waals surface area contributed by atoms with Gasteiger partial charge in [-0.15, -0.1) is 21.5 Å². The van der Waals surface area contributed by atoms with Gasteiger partial charge in [-0.1, -0.05) is 81.1 Å². The smallest absolute Gasteiger partial charge is 0.272 e. The number of thiophene rings is 1. The molecule has 9 heteroatoms. The van der Waals surface area contributed by atoms with Gasteiger partial charge in [0.25, 0.3) is 5.91 Å². The number of thioether (sulfide) groups is 1. The topological polar surface area (TPSA) is 88.9 Å². The first-order chi connectivity index (χ1) is 16.3. The van der Waals surface area contributed by atoms with Gasteiger partial charge < -0.3 is 0 Å². The molecule has 0 aliphatic heterocycles. The van der Waals surface area contributed by atoms with Gasteiger partial charge in [-0.05, 0) is 34.6 Å². The lowest BCUT2D eigenvalue weighted by Gasteiger charge is -2.19. The van der Waals surface area contributed by atoms with Crippen molar-refractivity contribution in [1.82, 2.24) is 25.6 Å². The Bertz CT molecular complexity index is 1260. The van der Waals surface area contributed by atoms with Gasteiger partial charge in [0.2, 0.25) is 5.91 Å². The molecule has 2 aromatic carbocycles. The summed E-state index contributed by atoms with van der Waals surface area (Å²) in [6.45, 7) is 6.53. The molecule has 4 rings (SSSR count). The molecule has 0 bridgehead atoms. The van der Waals surface area contributed by atoms with Gasteiger partial charge in [-0.2, -0.15) is 0 Å². The first-order valence-corrected chi connectivity index (χ1v) is 12.6. The monoisotopic (exact) mass is 491 g/mol. The van der Waals surface area contributed by atoms with Gasteiger partial charge in [0.15, 0.2) is 11.0 Å². The van der Waals surface area contributed by atoms with E-state index in [-0.39, 0.29) is 23.0 Å². The molecule has 174 valence electrons. The first kappa shape index (κ1) is 23.7. The summed E-state index contributed by atoms with van der Waals surface area (Å²) in [5.41, 5.74) is 8.00. The zero-order valence-electron chi connectivity index (χ0n) is 19.1. The van der Waals surface area contributed by atoms with Crippen LogP contribution in [0.25, 0.3) is 17.1 Å². The Kier molecular flexibility index (Phi) is 7.14. The third-order valence-corrected chi connectivity index (χ3v) is 6.85. The number of benzene rings is 2. The zero-order chi connectivity index (χ0) is 24.1. The predicted octanol–water partition coefficient (Wildman–Crippen LogP) is 4.85. The summed E-state index contributed by atoms with van der Waals surface area (Å²) in [6, 6.07) is 21.6. The standard InChI is InChI=1S/C25H25N5O2S2/c1-25(2,3)18-13-11-17(12-14-18)22-27-29-24(30(22)19-8-5-4-6-9-19)34-16-21(31)26-28-23(32)20-10-7-15-33-20/h4-15H,16H2,1-3H3,(H,26,31)(H,28,32). The van der Waals surface area contributed by atoms with Crippen LogP contribution in [0.4, 0.5) is 0 Å². The summed E-state index contributed by atoms with van der Waals surface area (Å²) in [7, 11) is 0. The van der Waals surface area contributed by atoms with Gasteiger partial charge >= 0.3 is 0 Å². The molecular weight excluding hydrogens is 466 g/mol. The maximum Gasteiger partial charge on any atom is 0.279 e. The normalized spacial score (nSPS) is 11.3. The molecule has 2 aromatic heterocycles. The van der Waals surface area contributed by atoms with E-state index in [0.29, 0.717) is 15.9 Å². The molecule has 2 amide bonds. The number of carbonyl (C=O) groups excluding carboxylic acids is 2. The number of hydrogen-bond acceptors (Lipinski definition) is 6. The lowest BCUT2D eigenvalue weighted by atomic mass is 9.87. The summed E-state index contributed by atoms with van der Waals surface area (Å²) in [6.07, 6.45) is 0. The molecule has 34 heavy (non-hydrogen) atoms. The van der Waals surface area contributed by atoms with E-state index in [9.17, 15) is 9.59 Å². The minimum absolute atomic E-state index is 0.0545. The van der Waals surface area contributed by atoms with E-state index in [1.807, 2.05) is 47.0 Å². The van der Waals surface area contributed by atoms with E-state index >= 15 is 0 Å². The van der Waals surface area contributed by atoms with Gasteiger partial charge in [-0.25, -0.2) is 0 Å². The van der Waals surface area contributed by atoms with Crippen LogP contribution in [0.2, 0.25) is 0 Å². The second-order valence-corrected chi connectivity index (χ2v) is 10.5. The SMILES string of the molecule is CC(C)(C)c1ccc(-c2nnc(SCC(=O)NNC(=O)c3cccs3)n2-c2ccccc2)cc1. The van der Waals surface area contributed by atoms with Crippen LogP contribution in [0.3, 0.4) is 0 Å². The number of carbonyl (C=O) groups is 2. The van der Waals surface area contributed by atoms with Crippen molar-refractivity contribution in [3.05, 3.63) is 82.6 Å². The van der Waals surface area contributed by atoms with Gasteiger partial charge in [-0.3, -0.25) is 25.0 Å². The van der Waals surface area contributed by atoms with Gasteiger partial charge in [0.05, 0.1) is 10.6 Å². The first-order valence-electron chi connectivity index (χ1n) is 10.7. The second-order valence-electron chi connectivity index (χ2n) is 8.57. The van der Waals surface area contributed by atoms with Gasteiger partial charge in [0.1, 0.15) is 0 Å². The van der Waals surface area contributed by atoms with Crippen LogP contribution in [0.15, 0.2) is 77.3 Å². The number of nitrogens with one attached hydrogen (secondary N) is 2. The minimum atomic E-state index is -0.346. The number of hydrazine groups is 1. The molecule has 2 N–H and O–H groups in total. The third kappa shape index (κ3) is 5.55. The number of amides is 2. The van der Waals surface area contributed by atoms with Crippen molar-refractivity contribution >= 4 is 34.9 Å². The second kappa shape index (κ2) is 10.2. The van der Waals surface area contributed by atoms with E-state index in [4.69, 9.17) is 0 Å². The molecule has 0 spiro atoms. The summed E-state index contributed by atoms with van der Waals surface area (Å²) < 4.78 is 1.94. The Morgan fingerprint density at radius 1 is 0.941 bits per heavy atom. The van der Waals surface area contributed by atoms with E-state index in [0.717, 1.165) is 11.3 Å². The van der Waals surface area contributed by atoms with E-state index in [1.54, 1.807) is 17.5 Å². The van der Waals surface area contributed by atoms with Crippen LogP contribution < -0.4 is 10.9 Å². The number of hydrogen-bond donors (Lipinski definition) is 2. The van der Waals surface area contributed by atoms with Crippen LogP contribution >= 0.6 is 23.1 Å². The lowest BCUT2D eigenvalue weighted by molar-refractivity contribution is -0.119. The average Bonchev–Trinajstić information content (AvgIpc) is 3.52. The number of para-hydroxylation sites is 1. The number of aromatic nitrogens is 3. The molecule has 7 nitrogen and oxygen atoms in total. The Morgan fingerprint density at radius 2 is 1.68 bits per heavy atom. The highest BCUT2D eigenvalue weighted by Gasteiger charge is 2.19. The predicted molar refractivity (Wildman–Crippen MR) is 136 cm³/mol. The summed E-state index contributed by atoms with van der Waals surface area (Å²) >= 11 is 2.56. The van der Waals surface area contributed by atoms with E-state index < -0.39 is 0 Å². The molecule has 0 aliphatic rings. The molecule has 4 aromatic rings. The van der Waals surface area contributed by atoms with Crippen molar-refractivity contribution in [3.63, 3.8) is 0 Å². The summed E-state index contributed by atoms with van der Waals surface area (Å²) in [5.74, 6) is 0.0782. The van der Waals surface area contributed by atoms with Crippen LogP contribution in [0.5, 0.6) is 0 Å². The quantitative estimate of drug-likeness (QED) is 0.297. The largest absolute Gasteiger partial charge is 0.279 e. The molecule has 2 heterocycles. The van der Waals surface area contributed by atoms with Crippen LogP contribution in [0.1, 0.15) is 36.0 Å². The Balaban J connectivity index is 1.52. The third-order valence-electron chi connectivity index (χ3n) is 5.05. The van der Waals surface area contributed by atoms with Gasteiger partial charge in [0, 0.05) is 11.3 Å². The number of nitrogens with zero attached hydrogens (tertiary/aromatic N) is 3. The molecule has 0 aliphatic carbocycles. The fourth-order valence-corrected chi connectivity index (χ4v) is 4.61. The highest BCUT2D eigenvalue weighted by atomic mass is 32.2.